The van der Waals surface area contributed by atoms with Gasteiger partial charge in [-0.2, -0.15) is 0 Å². The van der Waals surface area contributed by atoms with E-state index in [2.05, 4.69) is 33.4 Å². The molecule has 35 heavy (non-hydrogen) atoms. The number of ether oxygens (including phenoxy) is 2. The second-order valence-corrected chi connectivity index (χ2v) is 8.63. The van der Waals surface area contributed by atoms with Crippen molar-refractivity contribution in [1.29, 1.82) is 0 Å². The van der Waals surface area contributed by atoms with E-state index < -0.39 is 0 Å². The average Bonchev–Trinajstić information content (AvgIpc) is 2.89. The number of amides is 2. The molecule has 0 atom stereocenters. The number of hydrogen-bond acceptors (Lipinski definition) is 6. The second kappa shape index (κ2) is 13.6. The van der Waals surface area contributed by atoms with Gasteiger partial charge in [-0.05, 0) is 36.8 Å². The maximum atomic E-state index is 13.1. The number of nitrogens with zero attached hydrogens (tertiary/aromatic N) is 2. The first-order valence-electron chi connectivity index (χ1n) is 12.4. The van der Waals surface area contributed by atoms with Gasteiger partial charge in [-0.25, -0.2) is 0 Å². The lowest BCUT2D eigenvalue weighted by atomic mass is 10.1. The van der Waals surface area contributed by atoms with Crippen molar-refractivity contribution in [2.45, 2.75) is 32.6 Å². The first kappa shape index (κ1) is 26.3. The maximum Gasteiger partial charge on any atom is 0.253 e. The van der Waals surface area contributed by atoms with Gasteiger partial charge in [-0.1, -0.05) is 31.9 Å². The van der Waals surface area contributed by atoms with Crippen molar-refractivity contribution in [3.63, 3.8) is 0 Å². The van der Waals surface area contributed by atoms with Gasteiger partial charge in [-0.3, -0.25) is 9.59 Å². The van der Waals surface area contributed by atoms with Gasteiger partial charge in [-0.15, -0.1) is 0 Å². The summed E-state index contributed by atoms with van der Waals surface area (Å²) in [6.45, 7) is 6.11. The predicted molar refractivity (Wildman–Crippen MR) is 141 cm³/mol. The van der Waals surface area contributed by atoms with E-state index in [4.69, 9.17) is 9.47 Å². The number of rotatable bonds is 12. The molecule has 0 saturated carbocycles. The van der Waals surface area contributed by atoms with Crippen molar-refractivity contribution >= 4 is 28.9 Å². The number of benzene rings is 2. The van der Waals surface area contributed by atoms with Gasteiger partial charge >= 0.3 is 0 Å². The topological polar surface area (TPSA) is 83.1 Å². The Labute approximate surface area is 208 Å². The SMILES string of the molecule is CCCCCC(=O)Nc1ccc(N2CCN(c3ccccc3OC)CC2)c(C(=O)NCCOC)c1. The lowest BCUT2D eigenvalue weighted by Gasteiger charge is -2.38. The minimum Gasteiger partial charge on any atom is -0.495 e. The summed E-state index contributed by atoms with van der Waals surface area (Å²) >= 11 is 0. The Kier molecular flexibility index (Phi) is 10.2. The van der Waals surface area contributed by atoms with E-state index in [1.165, 1.54) is 0 Å². The molecule has 2 aromatic rings. The summed E-state index contributed by atoms with van der Waals surface area (Å²) in [6.07, 6.45) is 3.44. The maximum absolute atomic E-state index is 13.1. The van der Waals surface area contributed by atoms with Gasteiger partial charge in [0.05, 0.1) is 25.0 Å². The van der Waals surface area contributed by atoms with E-state index >= 15 is 0 Å². The molecule has 3 rings (SSSR count). The summed E-state index contributed by atoms with van der Waals surface area (Å²) in [7, 11) is 3.29. The van der Waals surface area contributed by atoms with Crippen molar-refractivity contribution in [1.82, 2.24) is 5.32 Å². The van der Waals surface area contributed by atoms with Crippen molar-refractivity contribution in [2.24, 2.45) is 0 Å². The Morgan fingerprint density at radius 3 is 2.34 bits per heavy atom. The molecule has 190 valence electrons. The highest BCUT2D eigenvalue weighted by Gasteiger charge is 2.23. The van der Waals surface area contributed by atoms with Crippen molar-refractivity contribution in [3.05, 3.63) is 48.0 Å². The second-order valence-electron chi connectivity index (χ2n) is 8.63. The van der Waals surface area contributed by atoms with E-state index in [1.54, 1.807) is 20.3 Å². The molecule has 1 heterocycles. The molecule has 1 saturated heterocycles. The fourth-order valence-electron chi connectivity index (χ4n) is 4.27. The quantitative estimate of drug-likeness (QED) is 0.446. The Hall–Kier alpha value is -3.26. The molecular weight excluding hydrogens is 444 g/mol. The van der Waals surface area contributed by atoms with E-state index in [0.717, 1.165) is 62.6 Å². The molecule has 1 aliphatic rings. The van der Waals surface area contributed by atoms with Crippen LogP contribution in [0.5, 0.6) is 5.75 Å². The van der Waals surface area contributed by atoms with Crippen LogP contribution in [0.15, 0.2) is 42.5 Å². The van der Waals surface area contributed by atoms with Crippen LogP contribution in [0.2, 0.25) is 0 Å². The van der Waals surface area contributed by atoms with Crippen LogP contribution in [-0.2, 0) is 9.53 Å². The number of carbonyl (C=O) groups is 2. The molecule has 0 aromatic heterocycles. The van der Waals surface area contributed by atoms with Crippen LogP contribution in [0.3, 0.4) is 0 Å². The van der Waals surface area contributed by atoms with Crippen LogP contribution in [-0.4, -0.2) is 65.4 Å². The third kappa shape index (κ3) is 7.36. The van der Waals surface area contributed by atoms with Crippen molar-refractivity contribution in [2.75, 3.05) is 68.7 Å². The largest absolute Gasteiger partial charge is 0.495 e. The Bertz CT molecular complexity index is 973. The highest BCUT2D eigenvalue weighted by atomic mass is 16.5. The molecule has 0 unspecified atom stereocenters. The lowest BCUT2D eigenvalue weighted by molar-refractivity contribution is -0.116. The molecule has 0 radical (unpaired) electrons. The van der Waals surface area contributed by atoms with Crippen LogP contribution in [0.4, 0.5) is 17.1 Å². The summed E-state index contributed by atoms with van der Waals surface area (Å²) < 4.78 is 10.6. The van der Waals surface area contributed by atoms with Gasteiger partial charge in [0.25, 0.3) is 5.91 Å². The molecule has 0 aliphatic carbocycles. The fourth-order valence-corrected chi connectivity index (χ4v) is 4.27. The zero-order chi connectivity index (χ0) is 25.0. The highest BCUT2D eigenvalue weighted by Crippen LogP contribution is 2.31. The Morgan fingerprint density at radius 2 is 1.66 bits per heavy atom. The lowest BCUT2D eigenvalue weighted by Crippen LogP contribution is -2.47. The molecule has 1 fully saturated rings. The number of carbonyl (C=O) groups excluding carboxylic acids is 2. The highest BCUT2D eigenvalue weighted by molar-refractivity contribution is 6.02. The smallest absolute Gasteiger partial charge is 0.253 e. The molecule has 2 aromatic carbocycles. The third-order valence-corrected chi connectivity index (χ3v) is 6.17. The van der Waals surface area contributed by atoms with Gasteiger partial charge in [0.15, 0.2) is 0 Å². The van der Waals surface area contributed by atoms with Gasteiger partial charge in [0, 0.05) is 57.6 Å². The van der Waals surface area contributed by atoms with E-state index in [1.807, 2.05) is 30.3 Å². The Morgan fingerprint density at radius 1 is 0.943 bits per heavy atom. The van der Waals surface area contributed by atoms with E-state index in [0.29, 0.717) is 30.8 Å². The summed E-state index contributed by atoms with van der Waals surface area (Å²) in [6, 6.07) is 13.6. The normalized spacial score (nSPS) is 13.5. The molecule has 0 bridgehead atoms. The van der Waals surface area contributed by atoms with Crippen LogP contribution < -0.4 is 25.2 Å². The summed E-state index contributed by atoms with van der Waals surface area (Å²) in [5.74, 6) is 0.659. The van der Waals surface area contributed by atoms with Gasteiger partial charge in [0.1, 0.15) is 5.75 Å². The predicted octanol–water partition coefficient (Wildman–Crippen LogP) is 3.92. The van der Waals surface area contributed by atoms with Crippen molar-refractivity contribution < 1.29 is 19.1 Å². The van der Waals surface area contributed by atoms with Crippen LogP contribution in [0, 0.1) is 0 Å². The summed E-state index contributed by atoms with van der Waals surface area (Å²) in [5.41, 5.74) is 3.13. The Balaban J connectivity index is 1.74. The number of unbranched alkanes of at least 4 members (excludes halogenated alkanes) is 2. The standard InChI is InChI=1S/C27H38N4O4/c1-4-5-6-11-26(32)29-21-12-13-23(22(20-21)27(33)28-14-19-34-2)30-15-17-31(18-16-30)24-9-7-8-10-25(24)35-3/h7-10,12-13,20H,4-6,11,14-19H2,1-3H3,(H,28,33)(H,29,32). The molecule has 0 spiro atoms. The monoisotopic (exact) mass is 482 g/mol. The van der Waals surface area contributed by atoms with Crippen LogP contribution in [0.25, 0.3) is 0 Å². The minimum absolute atomic E-state index is 0.0256. The zero-order valence-corrected chi connectivity index (χ0v) is 21.1. The minimum atomic E-state index is -0.175. The summed E-state index contributed by atoms with van der Waals surface area (Å²) in [4.78, 5) is 29.9. The molecule has 2 N–H and O–H groups in total. The van der Waals surface area contributed by atoms with Gasteiger partial charge < -0.3 is 29.9 Å². The zero-order valence-electron chi connectivity index (χ0n) is 21.1. The molecule has 8 nitrogen and oxygen atoms in total. The number of hydrogen-bond donors (Lipinski definition) is 2. The molecule has 1 aliphatic heterocycles. The number of piperazine rings is 1. The van der Waals surface area contributed by atoms with E-state index in [-0.39, 0.29) is 11.8 Å². The average molecular weight is 483 g/mol. The van der Waals surface area contributed by atoms with Crippen LogP contribution in [0.1, 0.15) is 43.0 Å². The number of methoxy groups -OCH3 is 2. The number of anilines is 3. The van der Waals surface area contributed by atoms with Crippen LogP contribution >= 0.6 is 0 Å². The van der Waals surface area contributed by atoms with Crippen molar-refractivity contribution in [3.8, 4) is 5.75 Å². The molecular formula is C27H38N4O4. The summed E-state index contributed by atoms with van der Waals surface area (Å²) in [5, 5.41) is 5.87. The first-order valence-corrected chi connectivity index (χ1v) is 12.4. The molecule has 2 amide bonds. The number of para-hydroxylation sites is 2. The fraction of sp³-hybridized carbons (Fsp3) is 0.481. The number of nitrogens with one attached hydrogen (secondary N) is 2. The third-order valence-electron chi connectivity index (χ3n) is 6.17. The first-order chi connectivity index (χ1) is 17.1. The van der Waals surface area contributed by atoms with Gasteiger partial charge in [0.2, 0.25) is 5.91 Å². The van der Waals surface area contributed by atoms with E-state index in [9.17, 15) is 9.59 Å². The molecule has 8 heteroatoms.